The second kappa shape index (κ2) is 6.43. The van der Waals surface area contributed by atoms with Crippen molar-refractivity contribution in [2.24, 2.45) is 0 Å². The van der Waals surface area contributed by atoms with Gasteiger partial charge in [0.2, 0.25) is 0 Å². The van der Waals surface area contributed by atoms with E-state index < -0.39 is 0 Å². The summed E-state index contributed by atoms with van der Waals surface area (Å²) in [6, 6.07) is 3.23. The molecule has 1 aliphatic heterocycles. The van der Waals surface area contributed by atoms with Crippen LogP contribution in [0.1, 0.15) is 23.2 Å². The molecule has 19 heavy (non-hydrogen) atoms. The third-order valence-corrected chi connectivity index (χ3v) is 3.31. The SMILES string of the molecule is COc1cc(C=O)cc(N)c1OCCN1CCCC1. The number of nitrogens with zero attached hydrogens (tertiary/aromatic N) is 1. The molecular formula is C14H20N2O3. The second-order valence-electron chi connectivity index (χ2n) is 4.66. The van der Waals surface area contributed by atoms with Gasteiger partial charge >= 0.3 is 0 Å². The molecule has 0 saturated carbocycles. The Balaban J connectivity index is 1.99. The maximum absolute atomic E-state index is 10.8. The van der Waals surface area contributed by atoms with Gasteiger partial charge in [-0.15, -0.1) is 0 Å². The van der Waals surface area contributed by atoms with Crippen molar-refractivity contribution in [3.63, 3.8) is 0 Å². The van der Waals surface area contributed by atoms with Crippen LogP contribution in [0.25, 0.3) is 0 Å². The van der Waals surface area contributed by atoms with Crippen LogP contribution in [-0.4, -0.2) is 44.5 Å². The van der Waals surface area contributed by atoms with Crippen molar-refractivity contribution in [2.75, 3.05) is 39.1 Å². The zero-order valence-corrected chi connectivity index (χ0v) is 11.2. The van der Waals surface area contributed by atoms with E-state index in [4.69, 9.17) is 15.2 Å². The van der Waals surface area contributed by atoms with E-state index in [1.54, 1.807) is 12.1 Å². The minimum atomic E-state index is 0.433. The number of carbonyl (C=O) groups is 1. The van der Waals surface area contributed by atoms with Gasteiger partial charge in [0.1, 0.15) is 12.9 Å². The molecule has 1 heterocycles. The van der Waals surface area contributed by atoms with Gasteiger partial charge in [-0.1, -0.05) is 0 Å². The van der Waals surface area contributed by atoms with Crippen molar-refractivity contribution in [3.05, 3.63) is 17.7 Å². The normalized spacial score (nSPS) is 15.4. The number of methoxy groups -OCH3 is 1. The number of anilines is 1. The van der Waals surface area contributed by atoms with Crippen molar-refractivity contribution in [1.29, 1.82) is 0 Å². The van der Waals surface area contributed by atoms with Crippen molar-refractivity contribution in [2.45, 2.75) is 12.8 Å². The molecule has 0 atom stereocenters. The quantitative estimate of drug-likeness (QED) is 0.624. The molecule has 2 N–H and O–H groups in total. The molecule has 0 spiro atoms. The van der Waals surface area contributed by atoms with Crippen LogP contribution in [-0.2, 0) is 0 Å². The fourth-order valence-corrected chi connectivity index (χ4v) is 2.30. The number of benzene rings is 1. The number of ether oxygens (including phenoxy) is 2. The Bertz CT molecular complexity index is 443. The summed E-state index contributed by atoms with van der Waals surface area (Å²) in [6.45, 7) is 3.74. The summed E-state index contributed by atoms with van der Waals surface area (Å²) in [5, 5.41) is 0. The summed E-state index contributed by atoms with van der Waals surface area (Å²) in [4.78, 5) is 13.1. The van der Waals surface area contributed by atoms with Crippen LogP contribution in [0.3, 0.4) is 0 Å². The van der Waals surface area contributed by atoms with Gasteiger partial charge in [0.25, 0.3) is 0 Å². The summed E-state index contributed by atoms with van der Waals surface area (Å²) in [6.07, 6.45) is 3.27. The molecule has 0 unspecified atom stereocenters. The Morgan fingerprint density at radius 3 is 2.74 bits per heavy atom. The zero-order valence-electron chi connectivity index (χ0n) is 11.2. The van der Waals surface area contributed by atoms with E-state index in [0.29, 0.717) is 29.4 Å². The van der Waals surface area contributed by atoms with Crippen LogP contribution in [0.5, 0.6) is 11.5 Å². The molecule has 1 aromatic carbocycles. The largest absolute Gasteiger partial charge is 0.493 e. The van der Waals surface area contributed by atoms with Crippen molar-refractivity contribution in [3.8, 4) is 11.5 Å². The van der Waals surface area contributed by atoms with E-state index >= 15 is 0 Å². The van der Waals surface area contributed by atoms with Gasteiger partial charge in [0.15, 0.2) is 11.5 Å². The monoisotopic (exact) mass is 264 g/mol. The predicted octanol–water partition coefficient (Wildman–Crippen LogP) is 1.56. The molecule has 1 aliphatic rings. The van der Waals surface area contributed by atoms with Crippen molar-refractivity contribution < 1.29 is 14.3 Å². The molecule has 2 rings (SSSR count). The van der Waals surface area contributed by atoms with Gasteiger partial charge in [-0.2, -0.15) is 0 Å². The minimum Gasteiger partial charge on any atom is -0.493 e. The number of nitrogens with two attached hydrogens (primary N) is 1. The third-order valence-electron chi connectivity index (χ3n) is 3.31. The molecular weight excluding hydrogens is 244 g/mol. The summed E-state index contributed by atoms with van der Waals surface area (Å²) in [7, 11) is 1.54. The van der Waals surface area contributed by atoms with Crippen LogP contribution in [0.4, 0.5) is 5.69 Å². The van der Waals surface area contributed by atoms with Gasteiger partial charge in [-0.25, -0.2) is 0 Å². The highest BCUT2D eigenvalue weighted by molar-refractivity contribution is 5.80. The molecule has 1 saturated heterocycles. The summed E-state index contributed by atoms with van der Waals surface area (Å²) in [5.74, 6) is 1.02. The molecule has 5 heteroatoms. The van der Waals surface area contributed by atoms with E-state index in [2.05, 4.69) is 4.90 Å². The fraction of sp³-hybridized carbons (Fsp3) is 0.500. The molecule has 1 fully saturated rings. The van der Waals surface area contributed by atoms with Gasteiger partial charge in [0.05, 0.1) is 12.8 Å². The van der Waals surface area contributed by atoms with Crippen LogP contribution < -0.4 is 15.2 Å². The van der Waals surface area contributed by atoms with E-state index in [0.717, 1.165) is 25.9 Å². The Hall–Kier alpha value is -1.75. The van der Waals surface area contributed by atoms with Crippen LogP contribution >= 0.6 is 0 Å². The number of hydrogen-bond donors (Lipinski definition) is 1. The van der Waals surface area contributed by atoms with Gasteiger partial charge in [0, 0.05) is 12.1 Å². The topological polar surface area (TPSA) is 64.8 Å². The lowest BCUT2D eigenvalue weighted by Gasteiger charge is -2.17. The van der Waals surface area contributed by atoms with Crippen molar-refractivity contribution >= 4 is 12.0 Å². The van der Waals surface area contributed by atoms with E-state index in [1.807, 2.05) is 0 Å². The highest BCUT2D eigenvalue weighted by Gasteiger charge is 2.14. The standard InChI is InChI=1S/C14H20N2O3/c1-18-13-9-11(10-17)8-12(15)14(13)19-7-6-16-4-2-3-5-16/h8-10H,2-7,15H2,1H3. The van der Waals surface area contributed by atoms with Crippen LogP contribution in [0.2, 0.25) is 0 Å². The zero-order chi connectivity index (χ0) is 13.7. The lowest BCUT2D eigenvalue weighted by molar-refractivity contribution is 0.112. The molecule has 0 amide bonds. The van der Waals surface area contributed by atoms with Gasteiger partial charge in [-0.3, -0.25) is 9.69 Å². The first-order valence-corrected chi connectivity index (χ1v) is 6.52. The Kier molecular flexibility index (Phi) is 4.63. The number of aldehydes is 1. The summed E-state index contributed by atoms with van der Waals surface area (Å²) < 4.78 is 10.9. The Morgan fingerprint density at radius 2 is 2.11 bits per heavy atom. The first kappa shape index (κ1) is 13.7. The number of hydrogen-bond acceptors (Lipinski definition) is 5. The van der Waals surface area contributed by atoms with E-state index in [1.165, 1.54) is 20.0 Å². The van der Waals surface area contributed by atoms with Crippen LogP contribution in [0, 0.1) is 0 Å². The minimum absolute atomic E-state index is 0.433. The molecule has 0 aromatic heterocycles. The second-order valence-corrected chi connectivity index (χ2v) is 4.66. The Labute approximate surface area is 113 Å². The highest BCUT2D eigenvalue weighted by atomic mass is 16.5. The lowest BCUT2D eigenvalue weighted by Crippen LogP contribution is -2.25. The number of carbonyl (C=O) groups excluding carboxylic acids is 1. The molecule has 104 valence electrons. The van der Waals surface area contributed by atoms with Gasteiger partial charge in [-0.05, 0) is 38.1 Å². The lowest BCUT2D eigenvalue weighted by atomic mass is 10.2. The highest BCUT2D eigenvalue weighted by Crippen LogP contribution is 2.34. The number of nitrogen functional groups attached to an aromatic ring is 1. The van der Waals surface area contributed by atoms with E-state index in [9.17, 15) is 4.79 Å². The summed E-state index contributed by atoms with van der Waals surface area (Å²) >= 11 is 0. The molecule has 0 aliphatic carbocycles. The summed E-state index contributed by atoms with van der Waals surface area (Å²) in [5.41, 5.74) is 6.81. The first-order valence-electron chi connectivity index (χ1n) is 6.52. The molecule has 0 radical (unpaired) electrons. The smallest absolute Gasteiger partial charge is 0.184 e. The predicted molar refractivity (Wildman–Crippen MR) is 74.0 cm³/mol. The molecule has 0 bridgehead atoms. The van der Waals surface area contributed by atoms with Crippen LogP contribution in [0.15, 0.2) is 12.1 Å². The average Bonchev–Trinajstić information content (AvgIpc) is 2.93. The Morgan fingerprint density at radius 1 is 1.37 bits per heavy atom. The fourth-order valence-electron chi connectivity index (χ4n) is 2.30. The maximum Gasteiger partial charge on any atom is 0.184 e. The van der Waals surface area contributed by atoms with E-state index in [-0.39, 0.29) is 0 Å². The van der Waals surface area contributed by atoms with Gasteiger partial charge < -0.3 is 15.2 Å². The first-order chi connectivity index (χ1) is 9.24. The molecule has 5 nitrogen and oxygen atoms in total. The maximum atomic E-state index is 10.8. The van der Waals surface area contributed by atoms with Crippen molar-refractivity contribution in [1.82, 2.24) is 4.90 Å². The number of likely N-dealkylation sites (tertiary alicyclic amines) is 1. The molecule has 1 aromatic rings. The number of rotatable bonds is 6. The third kappa shape index (κ3) is 3.38. The average molecular weight is 264 g/mol.